The molecule has 1 fully saturated rings. The maximum Gasteiger partial charge on any atom is 0.333 e. The number of imidazole rings is 1. The average molecular weight is 536 g/mol. The van der Waals surface area contributed by atoms with E-state index < -0.39 is 17.2 Å². The minimum Gasteiger partial charge on any atom is -0.465 e. The summed E-state index contributed by atoms with van der Waals surface area (Å²) in [4.78, 5) is 58.9. The largest absolute Gasteiger partial charge is 0.465 e. The predicted molar refractivity (Wildman–Crippen MR) is 148 cm³/mol. The lowest BCUT2D eigenvalue weighted by Crippen LogP contribution is -2.44. The zero-order chi connectivity index (χ0) is 27.8. The van der Waals surface area contributed by atoms with Crippen LogP contribution in [0.4, 0.5) is 5.95 Å². The van der Waals surface area contributed by atoms with Crippen molar-refractivity contribution in [2.45, 2.75) is 52.4 Å². The highest BCUT2D eigenvalue weighted by Crippen LogP contribution is 2.23. The molecular weight excluding hydrogens is 502 g/mol. The minimum atomic E-state index is -0.649. The average Bonchev–Trinajstić information content (AvgIpc) is 3.31. The molecule has 0 amide bonds. The fraction of sp³-hybridized carbons (Fsp3) is 0.444. The Morgan fingerprint density at radius 3 is 2.62 bits per heavy atom. The van der Waals surface area contributed by atoms with Crippen molar-refractivity contribution in [1.82, 2.24) is 23.3 Å². The molecule has 1 saturated heterocycles. The van der Waals surface area contributed by atoms with E-state index in [0.717, 1.165) is 34.9 Å². The second-order valence-electron chi connectivity index (χ2n) is 9.87. The summed E-state index contributed by atoms with van der Waals surface area (Å²) in [7, 11) is 1.69. The first-order valence-corrected chi connectivity index (χ1v) is 13.2. The number of piperidine rings is 1. The molecule has 0 saturated carbocycles. The molecule has 206 valence electrons. The Bertz CT molecular complexity index is 1750. The van der Waals surface area contributed by atoms with E-state index in [4.69, 9.17) is 15.5 Å². The third kappa shape index (κ3) is 4.76. The molecule has 12 heteroatoms. The molecule has 0 radical (unpaired) electrons. The molecule has 3 aromatic heterocycles. The van der Waals surface area contributed by atoms with Crippen LogP contribution in [0.2, 0.25) is 0 Å². The van der Waals surface area contributed by atoms with Crippen LogP contribution in [0.3, 0.4) is 0 Å². The summed E-state index contributed by atoms with van der Waals surface area (Å²) < 4.78 is 10.8. The van der Waals surface area contributed by atoms with Crippen molar-refractivity contribution in [3.63, 3.8) is 0 Å². The van der Waals surface area contributed by atoms with E-state index in [0.29, 0.717) is 24.6 Å². The number of anilines is 1. The molecule has 4 heterocycles. The van der Waals surface area contributed by atoms with Crippen LogP contribution in [0.5, 0.6) is 0 Å². The number of rotatable bonds is 7. The van der Waals surface area contributed by atoms with Gasteiger partial charge in [0.15, 0.2) is 11.2 Å². The van der Waals surface area contributed by atoms with Gasteiger partial charge in [0.05, 0.1) is 18.7 Å². The van der Waals surface area contributed by atoms with E-state index in [1.807, 2.05) is 17.9 Å². The fourth-order valence-corrected chi connectivity index (χ4v) is 5.34. The quantitative estimate of drug-likeness (QED) is 0.343. The molecule has 12 nitrogen and oxygen atoms in total. The number of fused-ring (bicyclic) bond motifs is 2. The zero-order valence-electron chi connectivity index (χ0n) is 22.4. The lowest BCUT2D eigenvalue weighted by Gasteiger charge is -2.31. The van der Waals surface area contributed by atoms with Crippen LogP contribution in [-0.4, -0.2) is 55.0 Å². The summed E-state index contributed by atoms with van der Waals surface area (Å²) in [5.41, 5.74) is 6.79. The Morgan fingerprint density at radius 2 is 1.90 bits per heavy atom. The topological polar surface area (TPSA) is 139 Å². The minimum absolute atomic E-state index is 0.0188. The number of nitrogens with two attached hydrogens (primary N) is 1. The zero-order valence-corrected chi connectivity index (χ0v) is 22.4. The van der Waals surface area contributed by atoms with Crippen LogP contribution in [-0.2, 0) is 36.2 Å². The Morgan fingerprint density at radius 1 is 1.10 bits per heavy atom. The number of ether oxygens (including phenoxy) is 1. The SMILES string of the molecule is CCOC(=O)Cn1c(=O)n(Cc2ccc3c(ccc(=O)n3C)c2)c(=O)c2c1nc(N1CCCC(N)C1)n2CC. The van der Waals surface area contributed by atoms with Crippen LogP contribution in [0.25, 0.3) is 22.1 Å². The van der Waals surface area contributed by atoms with Crippen LogP contribution >= 0.6 is 0 Å². The molecule has 2 N–H and O–H groups in total. The molecule has 5 rings (SSSR count). The summed E-state index contributed by atoms with van der Waals surface area (Å²) in [5, 5.41) is 0.804. The number of nitrogens with zero attached hydrogens (tertiary/aromatic N) is 6. The van der Waals surface area contributed by atoms with Gasteiger partial charge in [-0.1, -0.05) is 6.07 Å². The standard InChI is InChI=1S/C27H33N7O5/c1-4-32-23-24(29-26(32)31-12-6-7-19(28)15-31)33(16-22(36)39-5-2)27(38)34(25(23)37)14-17-8-10-20-18(13-17)9-11-21(35)30(20)3/h8-11,13,19H,4-7,12,14-16,28H2,1-3H3. The number of aromatic nitrogens is 5. The van der Waals surface area contributed by atoms with Crippen LogP contribution in [0.1, 0.15) is 32.3 Å². The van der Waals surface area contributed by atoms with E-state index in [-0.39, 0.29) is 42.5 Å². The third-order valence-electron chi connectivity index (χ3n) is 7.27. The van der Waals surface area contributed by atoms with Gasteiger partial charge in [-0.15, -0.1) is 0 Å². The monoisotopic (exact) mass is 535 g/mol. The Labute approximate surface area is 223 Å². The molecule has 1 atom stereocenters. The van der Waals surface area contributed by atoms with Gasteiger partial charge in [-0.3, -0.25) is 23.5 Å². The lowest BCUT2D eigenvalue weighted by atomic mass is 10.1. The maximum atomic E-state index is 13.9. The molecule has 0 aliphatic carbocycles. The van der Waals surface area contributed by atoms with Crippen molar-refractivity contribution in [2.75, 3.05) is 24.6 Å². The highest BCUT2D eigenvalue weighted by Gasteiger charge is 2.27. The number of hydrogen-bond acceptors (Lipinski definition) is 8. The molecule has 1 unspecified atom stereocenters. The number of esters is 1. The first-order chi connectivity index (χ1) is 18.7. The molecule has 1 aliphatic rings. The van der Waals surface area contributed by atoms with Gasteiger partial charge in [0, 0.05) is 38.8 Å². The normalized spacial score (nSPS) is 15.8. The number of benzene rings is 1. The molecule has 0 spiro atoms. The smallest absolute Gasteiger partial charge is 0.333 e. The van der Waals surface area contributed by atoms with Crippen LogP contribution in [0, 0.1) is 0 Å². The summed E-state index contributed by atoms with van der Waals surface area (Å²) in [6.07, 6.45) is 1.80. The van der Waals surface area contributed by atoms with Crippen molar-refractivity contribution < 1.29 is 9.53 Å². The number of carbonyl (C=O) groups excluding carboxylic acids is 1. The van der Waals surface area contributed by atoms with Gasteiger partial charge < -0.3 is 24.5 Å². The summed E-state index contributed by atoms with van der Waals surface area (Å²) in [6, 6.07) is 8.59. The number of aryl methyl sites for hydroxylation is 2. The van der Waals surface area contributed by atoms with Gasteiger partial charge in [0.25, 0.3) is 11.1 Å². The van der Waals surface area contributed by atoms with E-state index in [2.05, 4.69) is 0 Å². The van der Waals surface area contributed by atoms with E-state index in [1.165, 1.54) is 15.2 Å². The Kier molecular flexibility index (Phi) is 7.13. The highest BCUT2D eigenvalue weighted by atomic mass is 16.5. The predicted octanol–water partition coefficient (Wildman–Crippen LogP) is 0.770. The molecule has 1 aliphatic heterocycles. The van der Waals surface area contributed by atoms with Crippen molar-refractivity contribution in [3.8, 4) is 0 Å². The van der Waals surface area contributed by atoms with Gasteiger partial charge in [0.2, 0.25) is 5.95 Å². The number of carbonyl (C=O) groups is 1. The van der Waals surface area contributed by atoms with Gasteiger partial charge in [-0.2, -0.15) is 4.98 Å². The molecule has 1 aromatic carbocycles. The van der Waals surface area contributed by atoms with Gasteiger partial charge in [0.1, 0.15) is 6.54 Å². The molecule has 4 aromatic rings. The highest BCUT2D eigenvalue weighted by molar-refractivity contribution is 5.80. The van der Waals surface area contributed by atoms with Crippen molar-refractivity contribution >= 4 is 34.0 Å². The van der Waals surface area contributed by atoms with Crippen LogP contribution in [0.15, 0.2) is 44.7 Å². The third-order valence-corrected chi connectivity index (χ3v) is 7.27. The van der Waals surface area contributed by atoms with Gasteiger partial charge >= 0.3 is 11.7 Å². The number of hydrogen-bond donors (Lipinski definition) is 1. The van der Waals surface area contributed by atoms with E-state index in [9.17, 15) is 19.2 Å². The summed E-state index contributed by atoms with van der Waals surface area (Å²) in [5.74, 6) is -0.0357. The lowest BCUT2D eigenvalue weighted by molar-refractivity contribution is -0.143. The van der Waals surface area contributed by atoms with Crippen molar-refractivity contribution in [3.05, 3.63) is 67.1 Å². The molecule has 0 bridgehead atoms. The molecular formula is C27H33N7O5. The first kappa shape index (κ1) is 26.4. The van der Waals surface area contributed by atoms with Crippen LogP contribution < -0.4 is 27.4 Å². The van der Waals surface area contributed by atoms with Crippen molar-refractivity contribution in [2.24, 2.45) is 12.8 Å². The van der Waals surface area contributed by atoms with E-state index in [1.54, 1.807) is 36.7 Å². The molecule has 39 heavy (non-hydrogen) atoms. The van der Waals surface area contributed by atoms with Gasteiger partial charge in [-0.05, 0) is 55.8 Å². The first-order valence-electron chi connectivity index (χ1n) is 13.2. The summed E-state index contributed by atoms with van der Waals surface area (Å²) >= 11 is 0. The van der Waals surface area contributed by atoms with E-state index >= 15 is 0 Å². The van der Waals surface area contributed by atoms with Crippen molar-refractivity contribution in [1.29, 1.82) is 0 Å². The maximum absolute atomic E-state index is 13.9. The second kappa shape index (κ2) is 10.5. The van der Waals surface area contributed by atoms with Gasteiger partial charge in [-0.25, -0.2) is 4.79 Å². The Hall–Kier alpha value is -4.19. The fourth-order valence-electron chi connectivity index (χ4n) is 5.34. The Balaban J connectivity index is 1.70. The number of pyridine rings is 1. The summed E-state index contributed by atoms with van der Waals surface area (Å²) in [6.45, 7) is 5.12. The second-order valence-corrected chi connectivity index (χ2v) is 9.87.